The van der Waals surface area contributed by atoms with Crippen LogP contribution in [0.1, 0.15) is 55.1 Å². The van der Waals surface area contributed by atoms with Gasteiger partial charge in [-0.25, -0.2) is 9.78 Å². The lowest BCUT2D eigenvalue weighted by molar-refractivity contribution is 0.0356. The van der Waals surface area contributed by atoms with Crippen LogP contribution in [0.4, 0.5) is 10.5 Å². The first kappa shape index (κ1) is 27.0. The fraction of sp³-hybridized carbons (Fsp3) is 0.538. The molecule has 2 aromatic rings. The highest BCUT2D eigenvalue weighted by Gasteiger charge is 2.34. The number of nitrogens with zero attached hydrogens (tertiary/aromatic N) is 4. The van der Waals surface area contributed by atoms with Gasteiger partial charge in [0.05, 0.1) is 19.2 Å². The van der Waals surface area contributed by atoms with E-state index in [0.29, 0.717) is 29.2 Å². The Bertz CT molecular complexity index is 1150. The zero-order chi connectivity index (χ0) is 26.6. The third-order valence-corrected chi connectivity index (χ3v) is 6.09. The number of nitrogens with one attached hydrogen (secondary N) is 1. The molecule has 0 saturated heterocycles. The number of urea groups is 1. The Kier molecular flexibility index (Phi) is 8.58. The molecule has 36 heavy (non-hydrogen) atoms. The van der Waals surface area contributed by atoms with E-state index in [1.54, 1.807) is 45.0 Å². The van der Waals surface area contributed by atoms with Crippen molar-refractivity contribution in [2.24, 2.45) is 11.8 Å². The van der Waals surface area contributed by atoms with Gasteiger partial charge in [-0.3, -0.25) is 4.79 Å². The van der Waals surface area contributed by atoms with Crippen molar-refractivity contribution in [3.05, 3.63) is 34.8 Å². The summed E-state index contributed by atoms with van der Waals surface area (Å²) >= 11 is 0. The Morgan fingerprint density at radius 1 is 1.36 bits per heavy atom. The molecule has 0 saturated carbocycles. The normalized spacial score (nSPS) is 18.4. The highest BCUT2D eigenvalue weighted by Crippen LogP contribution is 2.27. The predicted octanol–water partition coefficient (Wildman–Crippen LogP) is 3.08. The second-order valence-electron chi connectivity index (χ2n) is 9.63. The van der Waals surface area contributed by atoms with Crippen molar-refractivity contribution >= 4 is 17.6 Å². The molecule has 1 aliphatic heterocycles. The van der Waals surface area contributed by atoms with Crippen LogP contribution in [0.15, 0.2) is 16.8 Å². The molecule has 10 nitrogen and oxygen atoms in total. The highest BCUT2D eigenvalue weighted by molar-refractivity contribution is 5.97. The van der Waals surface area contributed by atoms with Gasteiger partial charge in [-0.2, -0.15) is 0 Å². The summed E-state index contributed by atoms with van der Waals surface area (Å²) in [4.78, 5) is 33.9. The van der Waals surface area contributed by atoms with Crippen molar-refractivity contribution in [1.29, 1.82) is 0 Å². The quantitative estimate of drug-likeness (QED) is 0.609. The summed E-state index contributed by atoms with van der Waals surface area (Å²) in [5.74, 6) is 6.56. The van der Waals surface area contributed by atoms with E-state index in [-0.39, 0.29) is 48.4 Å². The number of carbonyl (C=O) groups excluding carboxylic acids is 2. The number of aromatic nitrogens is 2. The smallest absolute Gasteiger partial charge is 0.321 e. The first-order valence-corrected chi connectivity index (χ1v) is 12.1. The predicted molar refractivity (Wildman–Crippen MR) is 135 cm³/mol. The number of anilines is 1. The summed E-state index contributed by atoms with van der Waals surface area (Å²) in [6.45, 7) is 11.6. The van der Waals surface area contributed by atoms with Crippen molar-refractivity contribution in [3.8, 4) is 17.7 Å². The van der Waals surface area contributed by atoms with Crippen molar-refractivity contribution in [3.63, 3.8) is 0 Å². The van der Waals surface area contributed by atoms with E-state index in [4.69, 9.17) is 9.26 Å². The average molecular weight is 498 g/mol. The van der Waals surface area contributed by atoms with Crippen LogP contribution in [0, 0.1) is 37.5 Å². The van der Waals surface area contributed by atoms with E-state index in [1.165, 1.54) is 4.90 Å². The van der Waals surface area contributed by atoms with Crippen LogP contribution in [-0.2, 0) is 0 Å². The average Bonchev–Trinajstić information content (AvgIpc) is 3.16. The summed E-state index contributed by atoms with van der Waals surface area (Å²) in [5.41, 5.74) is 2.02. The van der Waals surface area contributed by atoms with Crippen LogP contribution in [-0.4, -0.2) is 75.9 Å². The standard InChI is InChI=1S/C26H35N5O5/c1-15(2)8-9-20-10-21-24(27-11-20)35-22(16(3)12-31(25(21)33)17(4)14-32)13-30(7)26(34)28-23-18(5)29-36-19(23)6/h10-11,15-17,22,32H,12-14H2,1-7H3,(H,28,34)/t16-,17-,22+/m0/s1. The maximum Gasteiger partial charge on any atom is 0.321 e. The van der Waals surface area contributed by atoms with Crippen LogP contribution < -0.4 is 10.1 Å². The molecule has 1 aliphatic rings. The number of rotatable bonds is 5. The number of pyridine rings is 1. The Hall–Kier alpha value is -3.58. The van der Waals surface area contributed by atoms with Crippen molar-refractivity contribution in [2.45, 2.75) is 53.7 Å². The molecule has 3 heterocycles. The number of aryl methyl sites for hydroxylation is 2. The van der Waals surface area contributed by atoms with Gasteiger partial charge in [0.25, 0.3) is 5.91 Å². The lowest BCUT2D eigenvalue weighted by atomic mass is 10.00. The van der Waals surface area contributed by atoms with Crippen LogP contribution >= 0.6 is 0 Å². The summed E-state index contributed by atoms with van der Waals surface area (Å²) in [7, 11) is 1.67. The van der Waals surface area contributed by atoms with Crippen molar-refractivity contribution in [2.75, 3.05) is 32.1 Å². The monoisotopic (exact) mass is 497 g/mol. The Balaban J connectivity index is 1.90. The first-order chi connectivity index (χ1) is 17.0. The van der Waals surface area contributed by atoms with Crippen LogP contribution in [0.3, 0.4) is 0 Å². The molecule has 10 heteroatoms. The molecular formula is C26H35N5O5. The molecule has 0 aromatic carbocycles. The maximum atomic E-state index is 13.5. The minimum absolute atomic E-state index is 0.160. The number of hydrogen-bond acceptors (Lipinski definition) is 7. The number of amides is 3. The topological polar surface area (TPSA) is 121 Å². The fourth-order valence-corrected chi connectivity index (χ4v) is 3.83. The minimum atomic E-state index is -0.467. The number of fused-ring (bicyclic) bond motifs is 1. The minimum Gasteiger partial charge on any atom is -0.472 e. The van der Waals surface area contributed by atoms with Crippen LogP contribution in [0.5, 0.6) is 5.88 Å². The summed E-state index contributed by atoms with van der Waals surface area (Å²) in [5, 5.41) is 16.5. The van der Waals surface area contributed by atoms with Gasteiger partial charge < -0.3 is 29.5 Å². The van der Waals surface area contributed by atoms with Gasteiger partial charge in [0, 0.05) is 37.2 Å². The van der Waals surface area contributed by atoms with Gasteiger partial charge in [0.15, 0.2) is 5.76 Å². The SMILES string of the molecule is Cc1noc(C)c1NC(=O)N(C)C[C@H]1Oc2ncc(C#CC(C)C)cc2C(=O)N([C@@H](C)CO)C[C@@H]1C. The molecule has 3 atom stereocenters. The second-order valence-corrected chi connectivity index (χ2v) is 9.63. The number of carbonyl (C=O) groups is 2. The lowest BCUT2D eigenvalue weighted by Crippen LogP contribution is -2.50. The molecule has 0 spiro atoms. The van der Waals surface area contributed by atoms with Crippen LogP contribution in [0.25, 0.3) is 0 Å². The fourth-order valence-electron chi connectivity index (χ4n) is 3.83. The van der Waals surface area contributed by atoms with Crippen LogP contribution in [0.2, 0.25) is 0 Å². The number of aliphatic hydroxyl groups is 1. The largest absolute Gasteiger partial charge is 0.472 e. The molecule has 194 valence electrons. The van der Waals surface area contributed by atoms with Gasteiger partial charge in [-0.05, 0) is 26.8 Å². The number of ether oxygens (including phenoxy) is 1. The van der Waals surface area contributed by atoms with Crippen molar-refractivity contribution < 1.29 is 24.0 Å². The molecule has 0 aliphatic carbocycles. The van der Waals surface area contributed by atoms with E-state index < -0.39 is 12.1 Å². The van der Waals surface area contributed by atoms with Gasteiger partial charge in [-0.15, -0.1) is 0 Å². The molecule has 3 rings (SSSR count). The molecule has 2 N–H and O–H groups in total. The second kappa shape index (κ2) is 11.4. The lowest BCUT2D eigenvalue weighted by Gasteiger charge is -2.37. The van der Waals surface area contributed by atoms with Gasteiger partial charge in [0.2, 0.25) is 5.88 Å². The zero-order valence-corrected chi connectivity index (χ0v) is 22.0. The van der Waals surface area contributed by atoms with E-state index >= 15 is 0 Å². The molecule has 3 amide bonds. The number of aliphatic hydroxyl groups excluding tert-OH is 1. The summed E-state index contributed by atoms with van der Waals surface area (Å²) in [6, 6.07) is 0.932. The van der Waals surface area contributed by atoms with E-state index in [2.05, 4.69) is 27.3 Å². The van der Waals surface area contributed by atoms with Gasteiger partial charge in [-0.1, -0.05) is 37.8 Å². The first-order valence-electron chi connectivity index (χ1n) is 12.1. The van der Waals surface area contributed by atoms with Crippen molar-refractivity contribution in [1.82, 2.24) is 19.9 Å². The molecular weight excluding hydrogens is 462 g/mol. The van der Waals surface area contributed by atoms with E-state index in [9.17, 15) is 14.7 Å². The Morgan fingerprint density at radius 3 is 2.69 bits per heavy atom. The third-order valence-electron chi connectivity index (χ3n) is 6.09. The van der Waals surface area contributed by atoms with E-state index in [1.807, 2.05) is 20.8 Å². The molecule has 2 aromatic heterocycles. The number of likely N-dealkylation sites (N-methyl/N-ethyl adjacent to an activating group) is 1. The Morgan fingerprint density at radius 2 is 2.08 bits per heavy atom. The molecule has 0 unspecified atom stereocenters. The van der Waals surface area contributed by atoms with Gasteiger partial charge in [0.1, 0.15) is 23.0 Å². The molecule has 0 radical (unpaired) electrons. The van der Waals surface area contributed by atoms with E-state index in [0.717, 1.165) is 0 Å². The maximum absolute atomic E-state index is 13.5. The summed E-state index contributed by atoms with van der Waals surface area (Å²) < 4.78 is 11.4. The van der Waals surface area contributed by atoms with Gasteiger partial charge >= 0.3 is 6.03 Å². The third kappa shape index (κ3) is 6.15. The number of hydrogen-bond donors (Lipinski definition) is 2. The Labute approximate surface area is 212 Å². The summed E-state index contributed by atoms with van der Waals surface area (Å²) in [6.07, 6.45) is 1.11. The molecule has 0 bridgehead atoms. The zero-order valence-electron chi connectivity index (χ0n) is 22.0. The highest BCUT2D eigenvalue weighted by atomic mass is 16.5. The molecule has 0 fully saturated rings.